The first-order valence-electron chi connectivity index (χ1n) is 7.66. The SMILES string of the molecule is CC(C)(C)OC(=O)N1CCCN(C(=O)CCCC(=O)O)CC1. The molecule has 0 aromatic heterocycles. The van der Waals surface area contributed by atoms with Crippen LogP contribution in [0.3, 0.4) is 0 Å². The van der Waals surface area contributed by atoms with Gasteiger partial charge in [0.1, 0.15) is 5.60 Å². The maximum atomic E-state index is 12.0. The maximum Gasteiger partial charge on any atom is 0.410 e. The van der Waals surface area contributed by atoms with Gasteiger partial charge in [-0.3, -0.25) is 9.59 Å². The molecule has 7 heteroatoms. The van der Waals surface area contributed by atoms with Crippen LogP contribution >= 0.6 is 0 Å². The highest BCUT2D eigenvalue weighted by Crippen LogP contribution is 2.13. The fraction of sp³-hybridized carbons (Fsp3) is 0.800. The average Bonchev–Trinajstić information content (AvgIpc) is 2.61. The summed E-state index contributed by atoms with van der Waals surface area (Å²) in [6.45, 7) is 7.52. The molecule has 1 heterocycles. The quantitative estimate of drug-likeness (QED) is 0.853. The average molecular weight is 314 g/mol. The molecule has 0 saturated carbocycles. The van der Waals surface area contributed by atoms with E-state index in [1.54, 1.807) is 9.80 Å². The molecule has 1 N–H and O–H groups in total. The molecule has 0 spiro atoms. The molecule has 0 aromatic carbocycles. The lowest BCUT2D eigenvalue weighted by Gasteiger charge is -2.26. The van der Waals surface area contributed by atoms with Gasteiger partial charge in [-0.2, -0.15) is 0 Å². The van der Waals surface area contributed by atoms with E-state index >= 15 is 0 Å². The molecule has 0 aromatic rings. The third kappa shape index (κ3) is 6.78. The van der Waals surface area contributed by atoms with Crippen LogP contribution < -0.4 is 0 Å². The fourth-order valence-corrected chi connectivity index (χ4v) is 2.22. The normalized spacial score (nSPS) is 16.1. The molecule has 7 nitrogen and oxygen atoms in total. The highest BCUT2D eigenvalue weighted by Gasteiger charge is 2.25. The molecule has 1 rings (SSSR count). The van der Waals surface area contributed by atoms with E-state index in [2.05, 4.69) is 0 Å². The summed E-state index contributed by atoms with van der Waals surface area (Å²) in [6, 6.07) is 0. The molecule has 2 amide bonds. The molecule has 126 valence electrons. The number of nitrogens with zero attached hydrogens (tertiary/aromatic N) is 2. The topological polar surface area (TPSA) is 87.2 Å². The van der Waals surface area contributed by atoms with Crippen molar-refractivity contribution in [2.24, 2.45) is 0 Å². The Labute approximate surface area is 131 Å². The first-order chi connectivity index (χ1) is 10.2. The lowest BCUT2D eigenvalue weighted by atomic mass is 10.2. The lowest BCUT2D eigenvalue weighted by Crippen LogP contribution is -2.40. The van der Waals surface area contributed by atoms with Crippen LogP contribution in [0.5, 0.6) is 0 Å². The standard InChI is InChI=1S/C15H26N2O5/c1-15(2,3)22-14(21)17-9-5-8-16(10-11-17)12(18)6-4-7-13(19)20/h4-11H2,1-3H3,(H,19,20). The van der Waals surface area contributed by atoms with E-state index in [1.807, 2.05) is 20.8 Å². The predicted molar refractivity (Wildman–Crippen MR) is 80.5 cm³/mol. The van der Waals surface area contributed by atoms with Crippen LogP contribution in [0.25, 0.3) is 0 Å². The van der Waals surface area contributed by atoms with E-state index in [-0.39, 0.29) is 24.8 Å². The molecule has 1 aliphatic rings. The van der Waals surface area contributed by atoms with Crippen molar-refractivity contribution in [2.45, 2.75) is 52.1 Å². The summed E-state index contributed by atoms with van der Waals surface area (Å²) in [4.78, 5) is 37.8. The summed E-state index contributed by atoms with van der Waals surface area (Å²) in [5.74, 6) is -0.938. The smallest absolute Gasteiger partial charge is 0.410 e. The molecule has 1 fully saturated rings. The zero-order valence-corrected chi connectivity index (χ0v) is 13.6. The summed E-state index contributed by atoms with van der Waals surface area (Å²) in [5, 5.41) is 8.59. The Bertz CT molecular complexity index is 417. The second-order valence-electron chi connectivity index (χ2n) is 6.45. The van der Waals surface area contributed by atoms with Crippen molar-refractivity contribution in [2.75, 3.05) is 26.2 Å². The van der Waals surface area contributed by atoms with E-state index in [9.17, 15) is 14.4 Å². The maximum absolute atomic E-state index is 12.0. The Morgan fingerprint density at radius 3 is 2.18 bits per heavy atom. The molecule has 1 saturated heterocycles. The summed E-state index contributed by atoms with van der Waals surface area (Å²) < 4.78 is 5.34. The van der Waals surface area contributed by atoms with Gasteiger partial charge in [-0.25, -0.2) is 4.79 Å². The van der Waals surface area contributed by atoms with Crippen molar-refractivity contribution in [3.05, 3.63) is 0 Å². The van der Waals surface area contributed by atoms with Gasteiger partial charge < -0.3 is 19.6 Å². The van der Waals surface area contributed by atoms with Crippen molar-refractivity contribution < 1.29 is 24.2 Å². The van der Waals surface area contributed by atoms with Crippen molar-refractivity contribution in [1.82, 2.24) is 9.80 Å². The number of carboxylic acid groups (broad SMARTS) is 1. The number of rotatable bonds is 4. The second-order valence-corrected chi connectivity index (χ2v) is 6.45. The highest BCUT2D eigenvalue weighted by atomic mass is 16.6. The molecule has 22 heavy (non-hydrogen) atoms. The molecule has 0 bridgehead atoms. The van der Waals surface area contributed by atoms with Gasteiger partial charge in [0.2, 0.25) is 5.91 Å². The van der Waals surface area contributed by atoms with E-state index in [1.165, 1.54) is 0 Å². The number of hydrogen-bond acceptors (Lipinski definition) is 4. The number of carbonyl (C=O) groups excluding carboxylic acids is 2. The van der Waals surface area contributed by atoms with Gasteiger partial charge in [0.25, 0.3) is 0 Å². The number of carbonyl (C=O) groups is 3. The summed E-state index contributed by atoms with van der Waals surface area (Å²) >= 11 is 0. The van der Waals surface area contributed by atoms with E-state index in [0.29, 0.717) is 39.0 Å². The van der Waals surface area contributed by atoms with Gasteiger partial charge in [0.15, 0.2) is 0 Å². The summed E-state index contributed by atoms with van der Waals surface area (Å²) in [5.41, 5.74) is -0.532. The molecule has 0 aliphatic carbocycles. The number of carboxylic acids is 1. The van der Waals surface area contributed by atoms with Gasteiger partial charge in [-0.15, -0.1) is 0 Å². The van der Waals surface area contributed by atoms with Crippen LogP contribution in [0.4, 0.5) is 4.79 Å². The first-order valence-corrected chi connectivity index (χ1v) is 7.66. The minimum Gasteiger partial charge on any atom is -0.481 e. The third-order valence-corrected chi connectivity index (χ3v) is 3.28. The summed E-state index contributed by atoms with van der Waals surface area (Å²) in [7, 11) is 0. The fourth-order valence-electron chi connectivity index (χ4n) is 2.22. The minimum atomic E-state index is -0.889. The molecule has 1 aliphatic heterocycles. The van der Waals surface area contributed by atoms with Crippen LogP contribution in [-0.2, 0) is 14.3 Å². The van der Waals surface area contributed by atoms with Gasteiger partial charge in [0, 0.05) is 39.0 Å². The van der Waals surface area contributed by atoms with E-state index in [4.69, 9.17) is 9.84 Å². The molecule has 0 radical (unpaired) electrons. The van der Waals surface area contributed by atoms with Gasteiger partial charge in [0.05, 0.1) is 0 Å². The Morgan fingerprint density at radius 2 is 1.59 bits per heavy atom. The third-order valence-electron chi connectivity index (χ3n) is 3.28. The predicted octanol–water partition coefficient (Wildman–Crippen LogP) is 1.71. The minimum absolute atomic E-state index is 0.00358. The molecule has 0 atom stereocenters. The highest BCUT2D eigenvalue weighted by molar-refractivity contribution is 5.77. The zero-order valence-electron chi connectivity index (χ0n) is 13.6. The molecule has 0 unspecified atom stereocenters. The largest absolute Gasteiger partial charge is 0.481 e. The summed E-state index contributed by atoms with van der Waals surface area (Å²) in [6.07, 6.45) is 0.930. The van der Waals surface area contributed by atoms with Crippen LogP contribution in [0, 0.1) is 0 Å². The monoisotopic (exact) mass is 314 g/mol. The lowest BCUT2D eigenvalue weighted by molar-refractivity contribution is -0.137. The van der Waals surface area contributed by atoms with Crippen LogP contribution in [-0.4, -0.2) is 64.7 Å². The number of hydrogen-bond donors (Lipinski definition) is 1. The zero-order chi connectivity index (χ0) is 16.8. The number of amides is 2. The van der Waals surface area contributed by atoms with E-state index in [0.717, 1.165) is 0 Å². The van der Waals surface area contributed by atoms with Crippen LogP contribution in [0.2, 0.25) is 0 Å². The van der Waals surface area contributed by atoms with Gasteiger partial charge >= 0.3 is 12.1 Å². The van der Waals surface area contributed by atoms with Crippen molar-refractivity contribution in [1.29, 1.82) is 0 Å². The van der Waals surface area contributed by atoms with Gasteiger partial charge in [-0.1, -0.05) is 0 Å². The Kier molecular flexibility index (Phi) is 6.64. The number of ether oxygens (including phenoxy) is 1. The number of aliphatic carboxylic acids is 1. The first kappa shape index (κ1) is 18.3. The van der Waals surface area contributed by atoms with E-state index < -0.39 is 11.6 Å². The van der Waals surface area contributed by atoms with Gasteiger partial charge in [-0.05, 0) is 33.6 Å². The van der Waals surface area contributed by atoms with Crippen molar-refractivity contribution >= 4 is 18.0 Å². The van der Waals surface area contributed by atoms with Crippen LogP contribution in [0.15, 0.2) is 0 Å². The van der Waals surface area contributed by atoms with Crippen LogP contribution in [0.1, 0.15) is 46.5 Å². The Hall–Kier alpha value is -1.79. The Morgan fingerprint density at radius 1 is 1.00 bits per heavy atom. The van der Waals surface area contributed by atoms with Crippen molar-refractivity contribution in [3.8, 4) is 0 Å². The molecular formula is C15H26N2O5. The second kappa shape index (κ2) is 8.00. The van der Waals surface area contributed by atoms with Crippen molar-refractivity contribution in [3.63, 3.8) is 0 Å². The Balaban J connectivity index is 2.43. The molecular weight excluding hydrogens is 288 g/mol.